The van der Waals surface area contributed by atoms with Gasteiger partial charge in [-0.25, -0.2) is 4.79 Å². The third-order valence-electron chi connectivity index (χ3n) is 4.50. The van der Waals surface area contributed by atoms with Crippen LogP contribution in [0.2, 0.25) is 0 Å². The highest BCUT2D eigenvalue weighted by Gasteiger charge is 2.19. The molecule has 29 heavy (non-hydrogen) atoms. The molecule has 7 heteroatoms. The van der Waals surface area contributed by atoms with Gasteiger partial charge in [-0.2, -0.15) is 0 Å². The zero-order valence-corrected chi connectivity index (χ0v) is 17.4. The van der Waals surface area contributed by atoms with Gasteiger partial charge < -0.3 is 24.3 Å². The summed E-state index contributed by atoms with van der Waals surface area (Å²) in [6, 6.07) is 10.8. The SMILES string of the molecule is CCc1ccc([C@H](C)NC(=O)COC(=O)c2cc(OC)c(OC)c(OC)c2)cc1. The molecule has 0 spiro atoms. The summed E-state index contributed by atoms with van der Waals surface area (Å²) in [5, 5.41) is 2.82. The quantitative estimate of drug-likeness (QED) is 0.649. The van der Waals surface area contributed by atoms with Crippen molar-refractivity contribution in [2.75, 3.05) is 27.9 Å². The van der Waals surface area contributed by atoms with E-state index in [1.807, 2.05) is 31.2 Å². The molecule has 0 unspecified atom stereocenters. The maximum atomic E-state index is 12.4. The predicted octanol–water partition coefficient (Wildman–Crippen LogP) is 3.31. The lowest BCUT2D eigenvalue weighted by Gasteiger charge is -2.15. The first kappa shape index (κ1) is 22.1. The van der Waals surface area contributed by atoms with Crippen molar-refractivity contribution in [2.45, 2.75) is 26.3 Å². The Balaban J connectivity index is 1.98. The number of carbonyl (C=O) groups excluding carboxylic acids is 2. The number of rotatable bonds is 9. The highest BCUT2D eigenvalue weighted by Crippen LogP contribution is 2.38. The molecule has 2 aromatic carbocycles. The fourth-order valence-corrected chi connectivity index (χ4v) is 2.82. The zero-order chi connectivity index (χ0) is 21.4. The van der Waals surface area contributed by atoms with Gasteiger partial charge in [-0.15, -0.1) is 0 Å². The van der Waals surface area contributed by atoms with Crippen LogP contribution in [0.25, 0.3) is 0 Å². The average molecular weight is 401 g/mol. The summed E-state index contributed by atoms with van der Waals surface area (Å²) in [5.74, 6) is -0.0378. The van der Waals surface area contributed by atoms with Gasteiger partial charge in [0.2, 0.25) is 5.75 Å². The van der Waals surface area contributed by atoms with E-state index in [2.05, 4.69) is 12.2 Å². The average Bonchev–Trinajstić information content (AvgIpc) is 2.76. The van der Waals surface area contributed by atoms with Gasteiger partial charge in [0, 0.05) is 0 Å². The third-order valence-corrected chi connectivity index (χ3v) is 4.50. The molecule has 0 aliphatic rings. The second-order valence-corrected chi connectivity index (χ2v) is 6.37. The molecule has 1 N–H and O–H groups in total. The van der Waals surface area contributed by atoms with E-state index in [1.54, 1.807) is 0 Å². The minimum Gasteiger partial charge on any atom is -0.493 e. The molecular weight excluding hydrogens is 374 g/mol. The molecular formula is C22H27NO6. The van der Waals surface area contributed by atoms with Crippen molar-refractivity contribution in [3.8, 4) is 17.2 Å². The number of amides is 1. The van der Waals surface area contributed by atoms with Crippen molar-refractivity contribution in [2.24, 2.45) is 0 Å². The van der Waals surface area contributed by atoms with Crippen LogP contribution in [0.1, 0.15) is 41.4 Å². The van der Waals surface area contributed by atoms with Crippen LogP contribution in [0, 0.1) is 0 Å². The zero-order valence-electron chi connectivity index (χ0n) is 17.4. The van der Waals surface area contributed by atoms with Crippen LogP contribution in [0.5, 0.6) is 17.2 Å². The van der Waals surface area contributed by atoms with Gasteiger partial charge in [-0.3, -0.25) is 4.79 Å². The van der Waals surface area contributed by atoms with Crippen molar-refractivity contribution < 1.29 is 28.5 Å². The molecule has 0 heterocycles. The number of esters is 1. The minimum atomic E-state index is -0.667. The fraction of sp³-hybridized carbons (Fsp3) is 0.364. The summed E-state index contributed by atoms with van der Waals surface area (Å²) in [5.41, 5.74) is 2.40. The summed E-state index contributed by atoms with van der Waals surface area (Å²) < 4.78 is 20.8. The predicted molar refractivity (Wildman–Crippen MR) is 109 cm³/mol. The first-order chi connectivity index (χ1) is 13.9. The van der Waals surface area contributed by atoms with Crippen LogP contribution in [-0.2, 0) is 16.0 Å². The number of methoxy groups -OCH3 is 3. The van der Waals surface area contributed by atoms with Gasteiger partial charge in [0.15, 0.2) is 18.1 Å². The van der Waals surface area contributed by atoms with Crippen molar-refractivity contribution in [3.63, 3.8) is 0 Å². The maximum absolute atomic E-state index is 12.4. The third kappa shape index (κ3) is 5.63. The molecule has 0 bridgehead atoms. The van der Waals surface area contributed by atoms with Gasteiger partial charge in [0.1, 0.15) is 0 Å². The number of hydrogen-bond donors (Lipinski definition) is 1. The summed E-state index contributed by atoms with van der Waals surface area (Å²) in [7, 11) is 4.38. The van der Waals surface area contributed by atoms with E-state index in [0.29, 0.717) is 17.2 Å². The van der Waals surface area contributed by atoms with Crippen LogP contribution >= 0.6 is 0 Å². The minimum absolute atomic E-state index is 0.190. The molecule has 0 fully saturated rings. The lowest BCUT2D eigenvalue weighted by Crippen LogP contribution is -2.31. The smallest absolute Gasteiger partial charge is 0.338 e. The van der Waals surface area contributed by atoms with Crippen LogP contribution in [-0.4, -0.2) is 39.8 Å². The molecule has 156 valence electrons. The summed E-state index contributed by atoms with van der Waals surface area (Å²) in [4.78, 5) is 24.5. The number of benzene rings is 2. The number of aryl methyl sites for hydroxylation is 1. The first-order valence-corrected chi connectivity index (χ1v) is 9.28. The van der Waals surface area contributed by atoms with E-state index < -0.39 is 18.5 Å². The Morgan fingerprint density at radius 3 is 2.03 bits per heavy atom. The van der Waals surface area contributed by atoms with Crippen molar-refractivity contribution in [3.05, 3.63) is 53.1 Å². The molecule has 2 aromatic rings. The standard InChI is InChI=1S/C22H27NO6/c1-6-15-7-9-16(10-8-15)14(2)23-20(24)13-29-22(25)17-11-18(26-3)21(28-5)19(12-17)27-4/h7-12,14H,6,13H2,1-5H3,(H,23,24)/t14-/m0/s1. The van der Waals surface area contributed by atoms with E-state index in [4.69, 9.17) is 18.9 Å². The lowest BCUT2D eigenvalue weighted by atomic mass is 10.1. The van der Waals surface area contributed by atoms with Gasteiger partial charge in [0.05, 0.1) is 32.9 Å². The molecule has 0 aliphatic carbocycles. The van der Waals surface area contributed by atoms with E-state index in [-0.39, 0.29) is 11.6 Å². The van der Waals surface area contributed by atoms with Crippen LogP contribution in [0.4, 0.5) is 0 Å². The molecule has 2 rings (SSSR count). The van der Waals surface area contributed by atoms with Crippen LogP contribution < -0.4 is 19.5 Å². The van der Waals surface area contributed by atoms with Gasteiger partial charge >= 0.3 is 5.97 Å². The Hall–Kier alpha value is -3.22. The normalized spacial score (nSPS) is 11.3. The Kier molecular flexibility index (Phi) is 7.88. The molecule has 0 aromatic heterocycles. The van der Waals surface area contributed by atoms with Gasteiger partial charge in [-0.05, 0) is 36.6 Å². The molecule has 0 saturated carbocycles. The number of nitrogens with one attached hydrogen (secondary N) is 1. The van der Waals surface area contributed by atoms with Crippen LogP contribution in [0.3, 0.4) is 0 Å². The number of hydrogen-bond acceptors (Lipinski definition) is 6. The molecule has 0 saturated heterocycles. The highest BCUT2D eigenvalue weighted by molar-refractivity contribution is 5.92. The maximum Gasteiger partial charge on any atom is 0.338 e. The summed E-state index contributed by atoms with van der Waals surface area (Å²) in [6.45, 7) is 3.56. The molecule has 0 aliphatic heterocycles. The second-order valence-electron chi connectivity index (χ2n) is 6.37. The Labute approximate surface area is 170 Å². The Morgan fingerprint density at radius 2 is 1.55 bits per heavy atom. The largest absolute Gasteiger partial charge is 0.493 e. The topological polar surface area (TPSA) is 83.1 Å². The fourth-order valence-electron chi connectivity index (χ4n) is 2.82. The van der Waals surface area contributed by atoms with Crippen molar-refractivity contribution in [1.29, 1.82) is 0 Å². The van der Waals surface area contributed by atoms with Crippen molar-refractivity contribution >= 4 is 11.9 Å². The van der Waals surface area contributed by atoms with Gasteiger partial charge in [0.25, 0.3) is 5.91 Å². The highest BCUT2D eigenvalue weighted by atomic mass is 16.5. The van der Waals surface area contributed by atoms with E-state index in [0.717, 1.165) is 12.0 Å². The Bertz CT molecular complexity index is 822. The van der Waals surface area contributed by atoms with E-state index >= 15 is 0 Å². The number of carbonyl (C=O) groups is 2. The molecule has 7 nitrogen and oxygen atoms in total. The van der Waals surface area contributed by atoms with E-state index in [1.165, 1.54) is 39.0 Å². The first-order valence-electron chi connectivity index (χ1n) is 9.28. The molecule has 0 radical (unpaired) electrons. The van der Waals surface area contributed by atoms with E-state index in [9.17, 15) is 9.59 Å². The summed E-state index contributed by atoms with van der Waals surface area (Å²) in [6.07, 6.45) is 0.956. The Morgan fingerprint density at radius 1 is 0.966 bits per heavy atom. The lowest BCUT2D eigenvalue weighted by molar-refractivity contribution is -0.124. The molecule has 1 amide bonds. The number of ether oxygens (including phenoxy) is 4. The van der Waals surface area contributed by atoms with Crippen molar-refractivity contribution in [1.82, 2.24) is 5.32 Å². The molecule has 1 atom stereocenters. The monoisotopic (exact) mass is 401 g/mol. The van der Waals surface area contributed by atoms with Crippen LogP contribution in [0.15, 0.2) is 36.4 Å². The van der Waals surface area contributed by atoms with Gasteiger partial charge in [-0.1, -0.05) is 31.2 Å². The second kappa shape index (κ2) is 10.4. The summed E-state index contributed by atoms with van der Waals surface area (Å²) >= 11 is 0.